The summed E-state index contributed by atoms with van der Waals surface area (Å²) < 4.78 is 1.84. The number of nitrogens with zero attached hydrogens (tertiary/aromatic N) is 3. The van der Waals surface area contributed by atoms with Gasteiger partial charge in [-0.15, -0.1) is 0 Å². The number of hydrogen-bond donors (Lipinski definition) is 1. The molecule has 0 atom stereocenters. The molecule has 2 aromatic heterocycles. The predicted octanol–water partition coefficient (Wildman–Crippen LogP) is 4.22. The number of benzene rings is 2. The fraction of sp³-hybridized carbons (Fsp3) is 0.0909. The molecular weight excluding hydrogens is 336 g/mol. The predicted molar refractivity (Wildman–Crippen MR) is 108 cm³/mol. The Kier molecular flexibility index (Phi) is 4.58. The number of hydrogen-bond acceptors (Lipinski definition) is 3. The van der Waals surface area contributed by atoms with Gasteiger partial charge in [0.05, 0.1) is 16.9 Å². The van der Waals surface area contributed by atoms with Crippen LogP contribution in [0.25, 0.3) is 5.65 Å². The van der Waals surface area contributed by atoms with Gasteiger partial charge in [0, 0.05) is 32.2 Å². The first-order chi connectivity index (χ1) is 13.2. The molecule has 4 rings (SSSR count). The number of nitrogens with one attached hydrogen (secondary N) is 1. The second-order valence-corrected chi connectivity index (χ2v) is 6.42. The van der Waals surface area contributed by atoms with Crippen molar-refractivity contribution in [2.45, 2.75) is 6.54 Å². The molecular formula is C22H20N4O. The van der Waals surface area contributed by atoms with E-state index < -0.39 is 0 Å². The summed E-state index contributed by atoms with van der Waals surface area (Å²) in [6.07, 6.45) is 5.33. The molecule has 0 aliphatic carbocycles. The number of pyridine rings is 1. The molecule has 4 aromatic rings. The van der Waals surface area contributed by atoms with Gasteiger partial charge in [0.1, 0.15) is 5.65 Å². The molecule has 0 aliphatic rings. The summed E-state index contributed by atoms with van der Waals surface area (Å²) in [5.74, 6) is -0.147. The summed E-state index contributed by atoms with van der Waals surface area (Å²) in [7, 11) is 2.02. The van der Waals surface area contributed by atoms with Crippen LogP contribution in [0.15, 0.2) is 85.3 Å². The largest absolute Gasteiger partial charge is 0.369 e. The summed E-state index contributed by atoms with van der Waals surface area (Å²) in [5, 5.41) is 3.04. The molecule has 1 N–H and O–H groups in total. The Labute approximate surface area is 157 Å². The fourth-order valence-corrected chi connectivity index (χ4v) is 3.10. The van der Waals surface area contributed by atoms with Gasteiger partial charge < -0.3 is 14.6 Å². The average molecular weight is 356 g/mol. The number of fused-ring (bicyclic) bond motifs is 1. The summed E-state index contributed by atoms with van der Waals surface area (Å²) in [6, 6.07) is 21.7. The van der Waals surface area contributed by atoms with Crippen molar-refractivity contribution in [2.75, 3.05) is 17.3 Å². The minimum Gasteiger partial charge on any atom is -0.369 e. The second kappa shape index (κ2) is 7.33. The lowest BCUT2D eigenvalue weighted by Crippen LogP contribution is -2.20. The number of carbonyl (C=O) groups is 1. The summed E-state index contributed by atoms with van der Waals surface area (Å²) in [4.78, 5) is 19.1. The van der Waals surface area contributed by atoms with Gasteiger partial charge in [-0.1, -0.05) is 42.5 Å². The number of amides is 1. The normalized spacial score (nSPS) is 10.7. The average Bonchev–Trinajstić information content (AvgIpc) is 3.17. The van der Waals surface area contributed by atoms with Gasteiger partial charge in [0.25, 0.3) is 5.91 Å². The minimum atomic E-state index is -0.147. The fourth-order valence-electron chi connectivity index (χ4n) is 3.10. The lowest BCUT2D eigenvalue weighted by atomic mass is 10.2. The molecule has 1 amide bonds. The molecule has 2 heterocycles. The van der Waals surface area contributed by atoms with Gasteiger partial charge in [-0.2, -0.15) is 0 Å². The van der Waals surface area contributed by atoms with E-state index in [2.05, 4.69) is 27.3 Å². The lowest BCUT2D eigenvalue weighted by Gasteiger charge is -2.23. The number of para-hydroxylation sites is 2. The van der Waals surface area contributed by atoms with E-state index in [0.29, 0.717) is 5.56 Å². The molecule has 0 unspecified atom stereocenters. The molecule has 5 heteroatoms. The molecule has 5 nitrogen and oxygen atoms in total. The number of rotatable bonds is 5. The number of imidazole rings is 1. The lowest BCUT2D eigenvalue weighted by molar-refractivity contribution is 0.102. The maximum absolute atomic E-state index is 12.7. The van der Waals surface area contributed by atoms with E-state index in [4.69, 9.17) is 0 Å². The van der Waals surface area contributed by atoms with Gasteiger partial charge in [-0.05, 0) is 29.8 Å². The van der Waals surface area contributed by atoms with Crippen LogP contribution in [-0.2, 0) is 6.54 Å². The highest BCUT2D eigenvalue weighted by molar-refractivity contribution is 6.05. The molecule has 0 aliphatic heterocycles. The Balaban J connectivity index is 1.56. The van der Waals surface area contributed by atoms with Crippen LogP contribution in [0.1, 0.15) is 15.9 Å². The quantitative estimate of drug-likeness (QED) is 0.582. The van der Waals surface area contributed by atoms with Crippen molar-refractivity contribution in [1.82, 2.24) is 9.38 Å². The van der Waals surface area contributed by atoms with Crippen LogP contribution in [0.4, 0.5) is 11.4 Å². The highest BCUT2D eigenvalue weighted by Gasteiger charge is 2.12. The summed E-state index contributed by atoms with van der Waals surface area (Å²) in [5.41, 5.74) is 4.37. The van der Waals surface area contributed by atoms with Gasteiger partial charge in [-0.3, -0.25) is 4.79 Å². The van der Waals surface area contributed by atoms with E-state index in [1.165, 1.54) is 5.56 Å². The molecule has 27 heavy (non-hydrogen) atoms. The molecule has 0 radical (unpaired) electrons. The third-order valence-electron chi connectivity index (χ3n) is 4.48. The highest BCUT2D eigenvalue weighted by atomic mass is 16.1. The van der Waals surface area contributed by atoms with Crippen LogP contribution >= 0.6 is 0 Å². The first-order valence-corrected chi connectivity index (χ1v) is 8.79. The Bertz CT molecular complexity index is 1070. The Hall–Kier alpha value is -3.60. The van der Waals surface area contributed by atoms with Crippen LogP contribution in [0.3, 0.4) is 0 Å². The number of carbonyl (C=O) groups excluding carboxylic acids is 1. The third-order valence-corrected chi connectivity index (χ3v) is 4.48. The smallest absolute Gasteiger partial charge is 0.257 e. The first kappa shape index (κ1) is 16.8. The van der Waals surface area contributed by atoms with E-state index in [9.17, 15) is 4.79 Å². The molecule has 0 saturated carbocycles. The second-order valence-electron chi connectivity index (χ2n) is 6.42. The van der Waals surface area contributed by atoms with Gasteiger partial charge >= 0.3 is 0 Å². The maximum Gasteiger partial charge on any atom is 0.257 e. The summed E-state index contributed by atoms with van der Waals surface area (Å²) >= 11 is 0. The van der Waals surface area contributed by atoms with Crippen molar-refractivity contribution in [1.29, 1.82) is 0 Å². The van der Waals surface area contributed by atoms with Crippen LogP contribution in [0, 0.1) is 0 Å². The van der Waals surface area contributed by atoms with E-state index in [0.717, 1.165) is 23.6 Å². The van der Waals surface area contributed by atoms with Crippen molar-refractivity contribution in [3.63, 3.8) is 0 Å². The van der Waals surface area contributed by atoms with E-state index in [1.54, 1.807) is 18.5 Å². The van der Waals surface area contributed by atoms with Crippen molar-refractivity contribution in [2.24, 2.45) is 0 Å². The molecule has 0 bridgehead atoms. The van der Waals surface area contributed by atoms with Gasteiger partial charge in [0.2, 0.25) is 0 Å². The van der Waals surface area contributed by atoms with Crippen molar-refractivity contribution < 1.29 is 4.79 Å². The standard InChI is InChI=1S/C22H20N4O/c1-25(15-17-7-3-2-4-8-17)20-10-6-5-9-19(20)24-22(27)18-11-12-21-23-13-14-26(21)16-18/h2-14,16H,15H2,1H3,(H,24,27). The molecule has 0 spiro atoms. The van der Waals surface area contributed by atoms with E-state index in [1.807, 2.05) is 66.2 Å². The zero-order valence-electron chi connectivity index (χ0n) is 15.0. The minimum absolute atomic E-state index is 0.147. The van der Waals surface area contributed by atoms with Crippen molar-refractivity contribution in [3.05, 3.63) is 96.4 Å². The highest BCUT2D eigenvalue weighted by Crippen LogP contribution is 2.26. The third kappa shape index (κ3) is 3.67. The monoisotopic (exact) mass is 356 g/mol. The Morgan fingerprint density at radius 2 is 1.81 bits per heavy atom. The zero-order chi connectivity index (χ0) is 18.6. The molecule has 0 fully saturated rings. The SMILES string of the molecule is CN(Cc1ccccc1)c1ccccc1NC(=O)c1ccc2nccn2c1. The van der Waals surface area contributed by atoms with Crippen LogP contribution in [0.2, 0.25) is 0 Å². The zero-order valence-corrected chi connectivity index (χ0v) is 15.0. The Morgan fingerprint density at radius 3 is 2.67 bits per heavy atom. The maximum atomic E-state index is 12.7. The number of anilines is 2. The first-order valence-electron chi connectivity index (χ1n) is 8.79. The van der Waals surface area contributed by atoms with E-state index >= 15 is 0 Å². The molecule has 0 saturated heterocycles. The van der Waals surface area contributed by atoms with Gasteiger partial charge in [-0.25, -0.2) is 4.98 Å². The summed E-state index contributed by atoms with van der Waals surface area (Å²) in [6.45, 7) is 0.759. The number of aromatic nitrogens is 2. The van der Waals surface area contributed by atoms with Crippen LogP contribution in [0.5, 0.6) is 0 Å². The topological polar surface area (TPSA) is 49.6 Å². The van der Waals surface area contributed by atoms with E-state index in [-0.39, 0.29) is 5.91 Å². The molecule has 2 aromatic carbocycles. The van der Waals surface area contributed by atoms with Crippen molar-refractivity contribution >= 4 is 22.9 Å². The Morgan fingerprint density at radius 1 is 1.04 bits per heavy atom. The van der Waals surface area contributed by atoms with Crippen LogP contribution in [-0.4, -0.2) is 22.3 Å². The van der Waals surface area contributed by atoms with Gasteiger partial charge in [0.15, 0.2) is 0 Å². The van der Waals surface area contributed by atoms with Crippen LogP contribution < -0.4 is 10.2 Å². The molecule has 134 valence electrons. The van der Waals surface area contributed by atoms with Crippen molar-refractivity contribution in [3.8, 4) is 0 Å².